The maximum absolute atomic E-state index is 13.2. The summed E-state index contributed by atoms with van der Waals surface area (Å²) in [4.78, 5) is 28.4. The van der Waals surface area contributed by atoms with Gasteiger partial charge in [-0.2, -0.15) is 0 Å². The van der Waals surface area contributed by atoms with E-state index in [-0.39, 0.29) is 46.5 Å². The fourth-order valence-electron chi connectivity index (χ4n) is 3.80. The van der Waals surface area contributed by atoms with Crippen LogP contribution in [-0.2, 0) is 10.6 Å². The van der Waals surface area contributed by atoms with Gasteiger partial charge in [-0.25, -0.2) is 0 Å². The zero-order valence-electron chi connectivity index (χ0n) is 16.4. The maximum atomic E-state index is 13.2. The maximum Gasteiger partial charge on any atom is 0.201 e. The van der Waals surface area contributed by atoms with Crippen molar-refractivity contribution in [3.63, 3.8) is 0 Å². The molecule has 0 radical (unpaired) electrons. The summed E-state index contributed by atoms with van der Waals surface area (Å²) in [6.07, 6.45) is 0.796. The van der Waals surface area contributed by atoms with Gasteiger partial charge < -0.3 is 14.6 Å². The SMILES string of the molecule is Cl.O=C1c2cccc(OCCCN3CCOCC3)c2C(=O)c2c1ccc(CCl)c2O. The molecule has 0 unspecified atom stereocenters. The Bertz CT molecular complexity index is 957. The second-order valence-corrected chi connectivity index (χ2v) is 7.39. The Balaban J connectivity index is 0.00000256. The van der Waals surface area contributed by atoms with E-state index < -0.39 is 5.78 Å². The van der Waals surface area contributed by atoms with Gasteiger partial charge in [-0.3, -0.25) is 14.5 Å². The third-order valence-electron chi connectivity index (χ3n) is 5.36. The van der Waals surface area contributed by atoms with Gasteiger partial charge in [0, 0.05) is 36.3 Å². The molecule has 2 aromatic rings. The van der Waals surface area contributed by atoms with Crippen LogP contribution >= 0.6 is 24.0 Å². The summed E-state index contributed by atoms with van der Waals surface area (Å²) in [5, 5.41) is 10.5. The van der Waals surface area contributed by atoms with Crippen molar-refractivity contribution < 1.29 is 24.2 Å². The molecule has 0 spiro atoms. The number of halogens is 2. The van der Waals surface area contributed by atoms with E-state index in [9.17, 15) is 14.7 Å². The van der Waals surface area contributed by atoms with Crippen LogP contribution in [0.2, 0.25) is 0 Å². The molecule has 0 bridgehead atoms. The van der Waals surface area contributed by atoms with E-state index in [0.29, 0.717) is 23.5 Å². The summed E-state index contributed by atoms with van der Waals surface area (Å²) in [5.74, 6) is -0.534. The number of fused-ring (bicyclic) bond motifs is 2. The van der Waals surface area contributed by atoms with E-state index in [1.807, 2.05) is 0 Å². The molecule has 2 aliphatic rings. The van der Waals surface area contributed by atoms with Crippen molar-refractivity contribution in [1.29, 1.82) is 0 Å². The van der Waals surface area contributed by atoms with Gasteiger partial charge in [-0.1, -0.05) is 18.2 Å². The van der Waals surface area contributed by atoms with Crippen molar-refractivity contribution in [2.45, 2.75) is 12.3 Å². The Morgan fingerprint density at radius 3 is 2.50 bits per heavy atom. The summed E-state index contributed by atoms with van der Waals surface area (Å²) in [5.41, 5.74) is 1.12. The van der Waals surface area contributed by atoms with Crippen molar-refractivity contribution in [1.82, 2.24) is 4.90 Å². The van der Waals surface area contributed by atoms with Gasteiger partial charge in [0.15, 0.2) is 5.78 Å². The Hall–Kier alpha value is -2.12. The minimum atomic E-state index is -0.414. The highest BCUT2D eigenvalue weighted by Gasteiger charge is 2.35. The molecule has 160 valence electrons. The van der Waals surface area contributed by atoms with Gasteiger partial charge >= 0.3 is 0 Å². The first kappa shape index (κ1) is 22.6. The summed E-state index contributed by atoms with van der Waals surface area (Å²) >= 11 is 5.85. The van der Waals surface area contributed by atoms with Crippen LogP contribution in [0.25, 0.3) is 0 Å². The number of benzene rings is 2. The summed E-state index contributed by atoms with van der Waals surface area (Å²) < 4.78 is 11.2. The van der Waals surface area contributed by atoms with E-state index in [4.69, 9.17) is 21.1 Å². The minimum absolute atomic E-state index is 0. The fourth-order valence-corrected chi connectivity index (χ4v) is 4.02. The monoisotopic (exact) mass is 451 g/mol. The number of alkyl halides is 1. The number of carbonyl (C=O) groups is 2. The number of phenols is 1. The highest BCUT2D eigenvalue weighted by molar-refractivity contribution is 6.30. The molecule has 6 nitrogen and oxygen atoms in total. The first-order valence-electron chi connectivity index (χ1n) is 9.68. The number of ether oxygens (including phenoxy) is 2. The number of hydrogen-bond donors (Lipinski definition) is 1. The summed E-state index contributed by atoms with van der Waals surface area (Å²) in [7, 11) is 0. The molecule has 0 saturated carbocycles. The smallest absolute Gasteiger partial charge is 0.201 e. The summed E-state index contributed by atoms with van der Waals surface area (Å²) in [6, 6.07) is 8.13. The van der Waals surface area contributed by atoms with Crippen LogP contribution in [0, 0.1) is 0 Å². The number of morpholine rings is 1. The van der Waals surface area contributed by atoms with E-state index >= 15 is 0 Å². The predicted octanol–water partition coefficient (Wildman–Crippen LogP) is 3.43. The quantitative estimate of drug-likeness (QED) is 0.456. The number of carbonyl (C=O) groups excluding carboxylic acids is 2. The molecule has 1 aliphatic heterocycles. The fraction of sp³-hybridized carbons (Fsp3) is 0.364. The normalized spacial score (nSPS) is 15.9. The molecule has 1 aliphatic carbocycles. The second-order valence-electron chi connectivity index (χ2n) is 7.12. The molecule has 2 aromatic carbocycles. The zero-order chi connectivity index (χ0) is 20.4. The molecule has 0 atom stereocenters. The predicted molar refractivity (Wildman–Crippen MR) is 116 cm³/mol. The van der Waals surface area contributed by atoms with Gasteiger partial charge in [0.25, 0.3) is 0 Å². The van der Waals surface area contributed by atoms with Gasteiger partial charge in [0.2, 0.25) is 5.78 Å². The largest absolute Gasteiger partial charge is 0.507 e. The van der Waals surface area contributed by atoms with Gasteiger partial charge in [-0.05, 0) is 18.6 Å². The molecule has 1 fully saturated rings. The molecule has 30 heavy (non-hydrogen) atoms. The number of hydrogen-bond acceptors (Lipinski definition) is 6. The Morgan fingerprint density at radius 1 is 1.03 bits per heavy atom. The number of aromatic hydroxyl groups is 1. The van der Waals surface area contributed by atoms with E-state index in [2.05, 4.69) is 4.90 Å². The number of ketones is 2. The Morgan fingerprint density at radius 2 is 1.77 bits per heavy atom. The van der Waals surface area contributed by atoms with E-state index in [0.717, 1.165) is 39.3 Å². The standard InChI is InChI=1S/C22H22ClNO5.ClH/c23-13-14-5-6-16-19(20(14)25)22(27)18-15(21(16)26)3-1-4-17(18)29-10-2-7-24-8-11-28-12-9-24;/h1,3-6,25H,2,7-13H2;1H. The van der Waals surface area contributed by atoms with Crippen LogP contribution in [0.15, 0.2) is 30.3 Å². The molecule has 1 saturated heterocycles. The lowest BCUT2D eigenvalue weighted by molar-refractivity contribution is 0.0357. The third-order valence-corrected chi connectivity index (χ3v) is 5.64. The van der Waals surface area contributed by atoms with Crippen molar-refractivity contribution in [2.75, 3.05) is 39.5 Å². The summed E-state index contributed by atoms with van der Waals surface area (Å²) in [6.45, 7) is 4.62. The number of phenolic OH excluding ortho intramolecular Hbond substituents is 1. The molecule has 8 heteroatoms. The van der Waals surface area contributed by atoms with Crippen LogP contribution in [0.1, 0.15) is 43.8 Å². The highest BCUT2D eigenvalue weighted by atomic mass is 35.5. The van der Waals surface area contributed by atoms with Crippen molar-refractivity contribution in [3.05, 3.63) is 58.1 Å². The third kappa shape index (κ3) is 4.18. The van der Waals surface area contributed by atoms with E-state index in [1.165, 1.54) is 0 Å². The van der Waals surface area contributed by atoms with Crippen molar-refractivity contribution >= 4 is 35.6 Å². The topological polar surface area (TPSA) is 76.1 Å². The van der Waals surface area contributed by atoms with Gasteiger partial charge in [-0.15, -0.1) is 24.0 Å². The van der Waals surface area contributed by atoms with Crippen LogP contribution in [0.4, 0.5) is 0 Å². The van der Waals surface area contributed by atoms with Crippen LogP contribution < -0.4 is 4.74 Å². The molecule has 1 N–H and O–H groups in total. The molecule has 4 rings (SSSR count). The van der Waals surface area contributed by atoms with Crippen molar-refractivity contribution in [2.24, 2.45) is 0 Å². The van der Waals surface area contributed by atoms with Crippen LogP contribution in [0.3, 0.4) is 0 Å². The minimum Gasteiger partial charge on any atom is -0.507 e. The van der Waals surface area contributed by atoms with Gasteiger partial charge in [0.1, 0.15) is 11.5 Å². The highest BCUT2D eigenvalue weighted by Crippen LogP contribution is 2.38. The molecule has 1 heterocycles. The molecule has 0 aromatic heterocycles. The average molecular weight is 452 g/mol. The lowest BCUT2D eigenvalue weighted by Gasteiger charge is -2.26. The molecular formula is C22H23Cl2NO5. The molecule has 0 amide bonds. The zero-order valence-corrected chi connectivity index (χ0v) is 17.9. The second kappa shape index (κ2) is 9.79. The number of rotatable bonds is 6. The van der Waals surface area contributed by atoms with Gasteiger partial charge in [0.05, 0.1) is 36.8 Å². The van der Waals surface area contributed by atoms with Crippen LogP contribution in [0.5, 0.6) is 11.5 Å². The van der Waals surface area contributed by atoms with E-state index in [1.54, 1.807) is 30.3 Å². The first-order valence-corrected chi connectivity index (χ1v) is 10.2. The lowest BCUT2D eigenvalue weighted by Crippen LogP contribution is -2.37. The van der Waals surface area contributed by atoms with Crippen LogP contribution in [-0.4, -0.2) is 61.0 Å². The molecular weight excluding hydrogens is 429 g/mol. The average Bonchev–Trinajstić information content (AvgIpc) is 2.75. The Kier molecular flexibility index (Phi) is 7.36. The lowest BCUT2D eigenvalue weighted by atomic mass is 9.82. The van der Waals surface area contributed by atoms with Crippen molar-refractivity contribution in [3.8, 4) is 11.5 Å². The first-order chi connectivity index (χ1) is 14.1. The number of nitrogens with zero attached hydrogens (tertiary/aromatic N) is 1. The Labute approximate surface area is 186 Å².